The molecule has 3 amide bonds. The summed E-state index contributed by atoms with van der Waals surface area (Å²) in [7, 11) is 0. The highest BCUT2D eigenvalue weighted by molar-refractivity contribution is 6.07. The molecule has 0 saturated carbocycles. The maximum atomic E-state index is 13.6. The molecule has 2 aliphatic heterocycles. The minimum Gasteiger partial charge on any atom is -0.341 e. The van der Waals surface area contributed by atoms with E-state index in [1.807, 2.05) is 0 Å². The minimum absolute atomic E-state index is 0.206. The Morgan fingerprint density at radius 3 is 2.82 bits per heavy atom. The molecule has 5 nitrogen and oxygen atoms in total. The third kappa shape index (κ3) is 1.27. The summed E-state index contributed by atoms with van der Waals surface area (Å²) in [4.78, 5) is 23.1. The van der Waals surface area contributed by atoms with Gasteiger partial charge >= 0.3 is 6.03 Å². The molecule has 3 rings (SSSR count). The van der Waals surface area contributed by atoms with Gasteiger partial charge in [-0.25, -0.2) is 9.18 Å². The van der Waals surface area contributed by atoms with Crippen LogP contribution in [0, 0.1) is 0 Å². The van der Waals surface area contributed by atoms with E-state index in [1.54, 1.807) is 24.3 Å². The summed E-state index contributed by atoms with van der Waals surface area (Å²) in [5.74, 6) is -0.512. The summed E-state index contributed by atoms with van der Waals surface area (Å²) in [6.45, 7) is -0.206. The molecule has 2 unspecified atom stereocenters. The molecule has 0 aliphatic carbocycles. The largest absolute Gasteiger partial charge is 0.341 e. The van der Waals surface area contributed by atoms with Gasteiger partial charge < -0.3 is 10.1 Å². The Hall–Kier alpha value is -1.95. The van der Waals surface area contributed by atoms with E-state index in [-0.39, 0.29) is 12.2 Å². The maximum absolute atomic E-state index is 13.6. The van der Waals surface area contributed by atoms with E-state index in [4.69, 9.17) is 4.74 Å². The lowest BCUT2D eigenvalue weighted by atomic mass is 9.85. The number of ether oxygens (including phenoxy) is 1. The molecule has 2 atom stereocenters. The predicted octanol–water partition coefficient (Wildman–Crippen LogP) is 0.720. The average Bonchev–Trinajstić information content (AvgIpc) is 2.61. The highest BCUT2D eigenvalue weighted by Crippen LogP contribution is 2.38. The van der Waals surface area contributed by atoms with E-state index >= 15 is 0 Å². The van der Waals surface area contributed by atoms with Crippen LogP contribution in [0.2, 0.25) is 0 Å². The van der Waals surface area contributed by atoms with Crippen LogP contribution >= 0.6 is 0 Å². The molecule has 2 heterocycles. The molecular formula is C11H9FN2O3. The monoisotopic (exact) mass is 236 g/mol. The van der Waals surface area contributed by atoms with Crippen molar-refractivity contribution in [2.75, 3.05) is 6.61 Å². The van der Waals surface area contributed by atoms with Gasteiger partial charge in [0.15, 0.2) is 5.54 Å². The fraction of sp³-hybridized carbons (Fsp3) is 0.273. The quantitative estimate of drug-likeness (QED) is 0.652. The third-order valence-corrected chi connectivity index (χ3v) is 3.05. The second-order valence-electron chi connectivity index (χ2n) is 4.03. The Bertz CT molecular complexity index is 519. The number of urea groups is 1. The number of imide groups is 1. The molecule has 0 aromatic heterocycles. The number of benzene rings is 1. The highest BCUT2D eigenvalue weighted by Gasteiger charge is 2.52. The van der Waals surface area contributed by atoms with Gasteiger partial charge in [-0.05, 0) is 5.56 Å². The lowest BCUT2D eigenvalue weighted by Gasteiger charge is -2.34. The van der Waals surface area contributed by atoms with Crippen molar-refractivity contribution in [3.63, 3.8) is 0 Å². The highest BCUT2D eigenvalue weighted by atomic mass is 19.1. The van der Waals surface area contributed by atoms with Crippen molar-refractivity contribution in [2.24, 2.45) is 0 Å². The number of hydrogen-bond donors (Lipinski definition) is 2. The summed E-state index contributed by atoms with van der Waals surface area (Å²) >= 11 is 0. The molecule has 1 aromatic rings. The van der Waals surface area contributed by atoms with Crippen LogP contribution in [0.15, 0.2) is 24.3 Å². The van der Waals surface area contributed by atoms with E-state index in [1.165, 1.54) is 0 Å². The number of halogens is 1. The first-order valence-electron chi connectivity index (χ1n) is 5.12. The van der Waals surface area contributed by atoms with Gasteiger partial charge in [0.1, 0.15) is 0 Å². The SMILES string of the molecule is O=C1NC(=O)C2(COC(F)c3ccccc32)N1. The lowest BCUT2D eigenvalue weighted by molar-refractivity contribution is -0.134. The van der Waals surface area contributed by atoms with Crippen molar-refractivity contribution in [2.45, 2.75) is 11.9 Å². The van der Waals surface area contributed by atoms with Crippen molar-refractivity contribution in [1.82, 2.24) is 10.6 Å². The molecule has 1 saturated heterocycles. The number of alkyl halides is 1. The first-order valence-corrected chi connectivity index (χ1v) is 5.12. The van der Waals surface area contributed by atoms with E-state index in [2.05, 4.69) is 10.6 Å². The van der Waals surface area contributed by atoms with Gasteiger partial charge in [-0.1, -0.05) is 24.3 Å². The zero-order valence-electron chi connectivity index (χ0n) is 8.70. The van der Waals surface area contributed by atoms with E-state index in [0.717, 1.165) is 0 Å². The zero-order valence-corrected chi connectivity index (χ0v) is 8.70. The molecule has 6 heteroatoms. The van der Waals surface area contributed by atoms with Gasteiger partial charge in [-0.3, -0.25) is 10.1 Å². The molecule has 1 spiro atoms. The van der Waals surface area contributed by atoms with Crippen LogP contribution < -0.4 is 10.6 Å². The average molecular weight is 236 g/mol. The zero-order chi connectivity index (χ0) is 12.0. The number of fused-ring (bicyclic) bond motifs is 2. The second-order valence-corrected chi connectivity index (χ2v) is 4.03. The number of hydrogen-bond acceptors (Lipinski definition) is 3. The maximum Gasteiger partial charge on any atom is 0.322 e. The third-order valence-electron chi connectivity index (χ3n) is 3.05. The summed E-state index contributed by atoms with van der Waals surface area (Å²) in [5.41, 5.74) is -0.575. The fourth-order valence-corrected chi connectivity index (χ4v) is 2.23. The Kier molecular flexibility index (Phi) is 1.97. The second kappa shape index (κ2) is 3.27. The molecule has 88 valence electrons. The Morgan fingerprint density at radius 2 is 2.12 bits per heavy atom. The van der Waals surface area contributed by atoms with Crippen molar-refractivity contribution >= 4 is 11.9 Å². The van der Waals surface area contributed by atoms with Crippen molar-refractivity contribution in [3.8, 4) is 0 Å². The topological polar surface area (TPSA) is 67.4 Å². The number of amides is 3. The van der Waals surface area contributed by atoms with Crippen LogP contribution in [-0.4, -0.2) is 18.5 Å². The lowest BCUT2D eigenvalue weighted by Crippen LogP contribution is -2.50. The molecular weight excluding hydrogens is 227 g/mol. The van der Waals surface area contributed by atoms with Crippen molar-refractivity contribution < 1.29 is 18.7 Å². The van der Waals surface area contributed by atoms with Gasteiger partial charge in [-0.2, -0.15) is 0 Å². The number of rotatable bonds is 0. The van der Waals surface area contributed by atoms with Crippen LogP contribution in [0.3, 0.4) is 0 Å². The van der Waals surface area contributed by atoms with E-state index < -0.39 is 23.8 Å². The normalized spacial score (nSPS) is 31.0. The van der Waals surface area contributed by atoms with Gasteiger partial charge in [-0.15, -0.1) is 0 Å². The van der Waals surface area contributed by atoms with E-state index in [9.17, 15) is 14.0 Å². The number of carbonyl (C=O) groups excluding carboxylic acids is 2. The summed E-state index contributed by atoms with van der Waals surface area (Å²) < 4.78 is 18.5. The fourth-order valence-electron chi connectivity index (χ4n) is 2.23. The van der Waals surface area contributed by atoms with Crippen LogP contribution in [0.4, 0.5) is 9.18 Å². The molecule has 17 heavy (non-hydrogen) atoms. The molecule has 1 fully saturated rings. The Balaban J connectivity index is 2.18. The molecule has 2 N–H and O–H groups in total. The standard InChI is InChI=1S/C11H9FN2O3/c12-8-6-3-1-2-4-7(6)11(5-17-8)9(15)13-10(16)14-11/h1-4,8H,5H2,(H2,13,14,15,16). The summed E-state index contributed by atoms with van der Waals surface area (Å²) in [6.07, 6.45) is -1.57. The van der Waals surface area contributed by atoms with Gasteiger partial charge in [0, 0.05) is 5.56 Å². The molecule has 0 bridgehead atoms. The summed E-state index contributed by atoms with van der Waals surface area (Å²) in [5, 5.41) is 4.65. The van der Waals surface area contributed by atoms with Gasteiger partial charge in [0.2, 0.25) is 6.36 Å². The first-order chi connectivity index (χ1) is 8.13. The first kappa shape index (κ1) is 10.2. The smallest absolute Gasteiger partial charge is 0.322 e. The summed E-state index contributed by atoms with van der Waals surface area (Å²) in [6, 6.07) is 5.92. The van der Waals surface area contributed by atoms with Gasteiger partial charge in [0.25, 0.3) is 5.91 Å². The van der Waals surface area contributed by atoms with Crippen LogP contribution in [0.25, 0.3) is 0 Å². The van der Waals surface area contributed by atoms with Crippen molar-refractivity contribution in [3.05, 3.63) is 35.4 Å². The minimum atomic E-state index is -1.57. The van der Waals surface area contributed by atoms with Crippen LogP contribution in [0.1, 0.15) is 17.5 Å². The van der Waals surface area contributed by atoms with E-state index in [0.29, 0.717) is 5.56 Å². The molecule has 0 radical (unpaired) electrons. The van der Waals surface area contributed by atoms with Crippen molar-refractivity contribution in [1.29, 1.82) is 0 Å². The van der Waals surface area contributed by atoms with Crippen LogP contribution in [-0.2, 0) is 15.1 Å². The molecule has 2 aliphatic rings. The Labute approximate surface area is 95.9 Å². The van der Waals surface area contributed by atoms with Crippen LogP contribution in [0.5, 0.6) is 0 Å². The number of carbonyl (C=O) groups is 2. The molecule has 1 aromatic carbocycles. The Morgan fingerprint density at radius 1 is 1.35 bits per heavy atom. The van der Waals surface area contributed by atoms with Gasteiger partial charge in [0.05, 0.1) is 6.61 Å². The number of nitrogens with one attached hydrogen (secondary N) is 2. The predicted molar refractivity (Wildman–Crippen MR) is 54.6 cm³/mol.